The molecule has 0 aromatic heterocycles. The van der Waals surface area contributed by atoms with Crippen LogP contribution in [0.15, 0.2) is 97.1 Å². The number of carbonyl (C=O) groups is 1. The Morgan fingerprint density at radius 3 is 2.29 bits per heavy atom. The molecule has 0 bridgehead atoms. The highest BCUT2D eigenvalue weighted by Gasteiger charge is 2.09. The van der Waals surface area contributed by atoms with Crippen LogP contribution in [0.25, 0.3) is 0 Å². The molecule has 0 saturated heterocycles. The summed E-state index contributed by atoms with van der Waals surface area (Å²) in [5, 5.41) is 6.22. The van der Waals surface area contributed by atoms with Crippen LogP contribution in [0.3, 0.4) is 0 Å². The summed E-state index contributed by atoms with van der Waals surface area (Å²) >= 11 is 0. The summed E-state index contributed by atoms with van der Waals surface area (Å²) in [6.45, 7) is 2.46. The fourth-order valence-corrected chi connectivity index (χ4v) is 3.47. The minimum Gasteiger partial charge on any atom is -0.493 e. The van der Waals surface area contributed by atoms with Gasteiger partial charge < -0.3 is 24.8 Å². The molecule has 4 aromatic rings. The van der Waals surface area contributed by atoms with Crippen molar-refractivity contribution in [1.29, 1.82) is 0 Å². The van der Waals surface area contributed by atoms with Gasteiger partial charge in [-0.1, -0.05) is 36.4 Å². The lowest BCUT2D eigenvalue weighted by molar-refractivity contribution is -0.118. The van der Waals surface area contributed by atoms with Crippen molar-refractivity contribution in [2.75, 3.05) is 24.4 Å². The van der Waals surface area contributed by atoms with Crippen molar-refractivity contribution in [3.05, 3.63) is 108 Å². The van der Waals surface area contributed by atoms with Gasteiger partial charge in [0, 0.05) is 17.9 Å². The molecule has 35 heavy (non-hydrogen) atoms. The first-order valence-electron chi connectivity index (χ1n) is 11.3. The van der Waals surface area contributed by atoms with E-state index in [-0.39, 0.29) is 12.5 Å². The predicted molar refractivity (Wildman–Crippen MR) is 139 cm³/mol. The van der Waals surface area contributed by atoms with Gasteiger partial charge in [0.15, 0.2) is 18.1 Å². The van der Waals surface area contributed by atoms with Crippen molar-refractivity contribution >= 4 is 17.3 Å². The highest BCUT2D eigenvalue weighted by molar-refractivity contribution is 5.92. The lowest BCUT2D eigenvalue weighted by atomic mass is 10.2. The molecule has 6 nitrogen and oxygen atoms in total. The Morgan fingerprint density at radius 1 is 0.771 bits per heavy atom. The first-order valence-corrected chi connectivity index (χ1v) is 11.3. The monoisotopic (exact) mass is 468 g/mol. The van der Waals surface area contributed by atoms with Gasteiger partial charge in [-0.3, -0.25) is 4.79 Å². The molecule has 0 aliphatic carbocycles. The molecule has 0 fully saturated rings. The Bertz CT molecular complexity index is 1260. The van der Waals surface area contributed by atoms with Crippen LogP contribution in [0.2, 0.25) is 0 Å². The molecule has 0 spiro atoms. The van der Waals surface area contributed by atoms with Crippen molar-refractivity contribution in [2.24, 2.45) is 0 Å². The Hall–Kier alpha value is -4.45. The topological polar surface area (TPSA) is 68.8 Å². The van der Waals surface area contributed by atoms with Crippen LogP contribution < -0.4 is 24.8 Å². The maximum absolute atomic E-state index is 12.3. The number of amides is 1. The second-order valence-electron chi connectivity index (χ2n) is 7.98. The standard InChI is InChI=1S/C29H28N2O4/c1-21-7-6-8-24(17-21)31-29(32)20-34-27-16-11-22(18-28(27)33-2)19-30-23-12-14-26(15-13-23)35-25-9-4-3-5-10-25/h3-18,30H,19-20H2,1-2H3,(H,31,32). The van der Waals surface area contributed by atoms with E-state index in [1.54, 1.807) is 7.11 Å². The zero-order valence-electron chi connectivity index (χ0n) is 19.8. The van der Waals surface area contributed by atoms with Crippen LogP contribution in [0.4, 0.5) is 11.4 Å². The zero-order chi connectivity index (χ0) is 24.5. The van der Waals surface area contributed by atoms with E-state index in [1.165, 1.54) is 0 Å². The molecule has 0 radical (unpaired) electrons. The molecule has 0 heterocycles. The van der Waals surface area contributed by atoms with E-state index in [9.17, 15) is 4.79 Å². The Morgan fingerprint density at radius 2 is 1.54 bits per heavy atom. The fourth-order valence-electron chi connectivity index (χ4n) is 3.47. The van der Waals surface area contributed by atoms with Crippen LogP contribution in [-0.4, -0.2) is 19.6 Å². The van der Waals surface area contributed by atoms with Crippen LogP contribution >= 0.6 is 0 Å². The minimum atomic E-state index is -0.233. The van der Waals surface area contributed by atoms with Crippen molar-refractivity contribution < 1.29 is 19.0 Å². The van der Waals surface area contributed by atoms with Gasteiger partial charge in [0.1, 0.15) is 11.5 Å². The van der Waals surface area contributed by atoms with E-state index in [0.717, 1.165) is 34.0 Å². The maximum atomic E-state index is 12.3. The van der Waals surface area contributed by atoms with E-state index in [0.29, 0.717) is 18.0 Å². The van der Waals surface area contributed by atoms with Gasteiger partial charge in [-0.25, -0.2) is 0 Å². The Kier molecular flexibility index (Phi) is 7.86. The van der Waals surface area contributed by atoms with Crippen molar-refractivity contribution in [3.63, 3.8) is 0 Å². The van der Waals surface area contributed by atoms with Crippen LogP contribution in [0, 0.1) is 6.92 Å². The van der Waals surface area contributed by atoms with Gasteiger partial charge in [0.2, 0.25) is 0 Å². The number of aryl methyl sites for hydroxylation is 1. The molecule has 4 rings (SSSR count). The van der Waals surface area contributed by atoms with E-state index in [2.05, 4.69) is 10.6 Å². The molecular weight excluding hydrogens is 440 g/mol. The highest BCUT2D eigenvalue weighted by atomic mass is 16.5. The summed E-state index contributed by atoms with van der Waals surface area (Å²) in [6, 6.07) is 30.7. The molecule has 0 saturated carbocycles. The number of rotatable bonds is 10. The van der Waals surface area contributed by atoms with Gasteiger partial charge in [-0.15, -0.1) is 0 Å². The number of anilines is 2. The van der Waals surface area contributed by atoms with Gasteiger partial charge in [0.05, 0.1) is 7.11 Å². The van der Waals surface area contributed by atoms with Crippen LogP contribution in [-0.2, 0) is 11.3 Å². The lowest BCUT2D eigenvalue weighted by Gasteiger charge is -2.13. The first-order chi connectivity index (χ1) is 17.1. The third-order valence-corrected chi connectivity index (χ3v) is 5.22. The second-order valence-corrected chi connectivity index (χ2v) is 7.98. The van der Waals surface area contributed by atoms with Crippen molar-refractivity contribution in [2.45, 2.75) is 13.5 Å². The lowest BCUT2D eigenvalue weighted by Crippen LogP contribution is -2.20. The van der Waals surface area contributed by atoms with Crippen LogP contribution in [0.1, 0.15) is 11.1 Å². The summed E-state index contributed by atoms with van der Waals surface area (Å²) < 4.78 is 17.0. The summed E-state index contributed by atoms with van der Waals surface area (Å²) in [7, 11) is 1.58. The fraction of sp³-hybridized carbons (Fsp3) is 0.138. The van der Waals surface area contributed by atoms with Crippen LogP contribution in [0.5, 0.6) is 23.0 Å². The molecule has 0 aliphatic heterocycles. The average Bonchev–Trinajstić information content (AvgIpc) is 2.88. The quantitative estimate of drug-likeness (QED) is 0.281. The minimum absolute atomic E-state index is 0.112. The van der Waals surface area contributed by atoms with Gasteiger partial charge in [0.25, 0.3) is 5.91 Å². The third kappa shape index (κ3) is 7.01. The number of carbonyl (C=O) groups excluding carboxylic acids is 1. The summed E-state index contributed by atoms with van der Waals surface area (Å²) in [6.07, 6.45) is 0. The Balaban J connectivity index is 1.29. The number of ether oxygens (including phenoxy) is 3. The molecule has 178 valence electrons. The van der Waals surface area contributed by atoms with Gasteiger partial charge in [-0.05, 0) is 78.7 Å². The van der Waals surface area contributed by atoms with E-state index in [4.69, 9.17) is 14.2 Å². The Labute approximate surface area is 205 Å². The number of hydrogen-bond acceptors (Lipinski definition) is 5. The number of nitrogens with one attached hydrogen (secondary N) is 2. The van der Waals surface area contributed by atoms with Crippen molar-refractivity contribution in [3.8, 4) is 23.0 Å². The van der Waals surface area contributed by atoms with E-state index in [1.807, 2.05) is 104 Å². The smallest absolute Gasteiger partial charge is 0.262 e. The number of para-hydroxylation sites is 1. The second kappa shape index (κ2) is 11.6. The van der Waals surface area contributed by atoms with Crippen molar-refractivity contribution in [1.82, 2.24) is 0 Å². The molecule has 0 aliphatic rings. The molecule has 2 N–H and O–H groups in total. The molecule has 0 unspecified atom stereocenters. The molecule has 1 amide bonds. The first kappa shape index (κ1) is 23.7. The van der Waals surface area contributed by atoms with E-state index < -0.39 is 0 Å². The van der Waals surface area contributed by atoms with Gasteiger partial charge >= 0.3 is 0 Å². The third-order valence-electron chi connectivity index (χ3n) is 5.22. The average molecular weight is 469 g/mol. The normalized spacial score (nSPS) is 10.3. The largest absolute Gasteiger partial charge is 0.493 e. The summed E-state index contributed by atoms with van der Waals surface area (Å²) in [5.74, 6) is 2.42. The summed E-state index contributed by atoms with van der Waals surface area (Å²) in [5.41, 5.74) is 3.80. The number of benzene rings is 4. The molecule has 0 atom stereocenters. The molecular formula is C29H28N2O4. The molecule has 4 aromatic carbocycles. The summed E-state index contributed by atoms with van der Waals surface area (Å²) in [4.78, 5) is 12.3. The SMILES string of the molecule is COc1cc(CNc2ccc(Oc3ccccc3)cc2)ccc1OCC(=O)Nc1cccc(C)c1. The van der Waals surface area contributed by atoms with E-state index >= 15 is 0 Å². The maximum Gasteiger partial charge on any atom is 0.262 e. The number of methoxy groups -OCH3 is 1. The zero-order valence-corrected chi connectivity index (χ0v) is 19.8. The number of hydrogen-bond donors (Lipinski definition) is 2. The predicted octanol–water partition coefficient (Wildman–Crippen LogP) is 6.43. The highest BCUT2D eigenvalue weighted by Crippen LogP contribution is 2.29. The molecule has 6 heteroatoms. The van der Waals surface area contributed by atoms with Gasteiger partial charge in [-0.2, -0.15) is 0 Å².